The van der Waals surface area contributed by atoms with E-state index in [4.69, 9.17) is 4.52 Å². The van der Waals surface area contributed by atoms with Gasteiger partial charge in [-0.05, 0) is 54.9 Å². The molecule has 2 N–H and O–H groups in total. The number of nitrogens with one attached hydrogen (secondary N) is 2. The molecule has 0 aliphatic rings. The van der Waals surface area contributed by atoms with Gasteiger partial charge in [-0.15, -0.1) is 0 Å². The highest BCUT2D eigenvalue weighted by atomic mass is 19.1. The van der Waals surface area contributed by atoms with Crippen LogP contribution in [-0.2, 0) is 6.54 Å². The van der Waals surface area contributed by atoms with Gasteiger partial charge in [0.25, 0.3) is 17.7 Å². The van der Waals surface area contributed by atoms with Crippen molar-refractivity contribution in [3.8, 4) is 22.6 Å². The molecule has 0 aromatic carbocycles. The summed E-state index contributed by atoms with van der Waals surface area (Å²) in [5.74, 6) is 0.503. The van der Waals surface area contributed by atoms with Crippen LogP contribution >= 0.6 is 0 Å². The standard InChI is InChI=1S/C27H23FN10O2/c1-15-10-23(36-27-37-24(14-29-3)40-38-27)35-25(33-15)18-5-8-21(31-13-18)26(39)32-12-17-4-7-20(30-11-17)19-6-9-22(28)34-16(19)2/h4-11,13-14H,12H2,1-3H3,(H,32,39)(H,33,35,36,38). The minimum absolute atomic E-state index is 0.233. The molecule has 0 aliphatic carbocycles. The molecule has 5 heterocycles. The minimum Gasteiger partial charge on any atom is -0.347 e. The monoisotopic (exact) mass is 538 g/mol. The van der Waals surface area contributed by atoms with E-state index in [0.717, 1.165) is 11.1 Å². The van der Waals surface area contributed by atoms with Gasteiger partial charge in [0.15, 0.2) is 5.82 Å². The molecule has 0 radical (unpaired) electrons. The lowest BCUT2D eigenvalue weighted by atomic mass is 10.1. The van der Waals surface area contributed by atoms with Crippen LogP contribution in [0.15, 0.2) is 64.4 Å². The zero-order valence-corrected chi connectivity index (χ0v) is 21.8. The average molecular weight is 539 g/mol. The van der Waals surface area contributed by atoms with Gasteiger partial charge in [0, 0.05) is 54.6 Å². The van der Waals surface area contributed by atoms with Crippen molar-refractivity contribution < 1.29 is 13.7 Å². The van der Waals surface area contributed by atoms with Gasteiger partial charge in [-0.1, -0.05) is 6.07 Å². The van der Waals surface area contributed by atoms with Crippen molar-refractivity contribution in [2.75, 3.05) is 12.4 Å². The molecule has 5 aromatic rings. The summed E-state index contributed by atoms with van der Waals surface area (Å²) in [5, 5.41) is 9.64. The van der Waals surface area contributed by atoms with E-state index >= 15 is 0 Å². The van der Waals surface area contributed by atoms with E-state index in [1.807, 2.05) is 13.0 Å². The highest BCUT2D eigenvalue weighted by Gasteiger charge is 2.12. The van der Waals surface area contributed by atoms with Crippen LogP contribution < -0.4 is 10.6 Å². The van der Waals surface area contributed by atoms with Gasteiger partial charge < -0.3 is 15.2 Å². The number of aliphatic imine (C=N–C) groups is 1. The van der Waals surface area contributed by atoms with Gasteiger partial charge in [0.05, 0.1) is 11.9 Å². The van der Waals surface area contributed by atoms with Crippen LogP contribution in [0.1, 0.15) is 33.3 Å². The van der Waals surface area contributed by atoms with Crippen molar-refractivity contribution >= 4 is 23.9 Å². The number of anilines is 2. The van der Waals surface area contributed by atoms with Crippen LogP contribution in [0.5, 0.6) is 0 Å². The molecule has 0 unspecified atom stereocenters. The third-order valence-electron chi connectivity index (χ3n) is 5.64. The zero-order chi connectivity index (χ0) is 28.1. The lowest BCUT2D eigenvalue weighted by Crippen LogP contribution is -2.23. The number of halogens is 1. The van der Waals surface area contributed by atoms with E-state index in [2.05, 4.69) is 50.7 Å². The maximum atomic E-state index is 13.3. The molecule has 1 amide bonds. The molecule has 5 aromatic heterocycles. The Morgan fingerprint density at radius 2 is 1.90 bits per heavy atom. The highest BCUT2D eigenvalue weighted by molar-refractivity contribution is 5.92. The summed E-state index contributed by atoms with van der Waals surface area (Å²) in [5.41, 5.74) is 4.33. The van der Waals surface area contributed by atoms with E-state index in [1.54, 1.807) is 50.5 Å². The van der Waals surface area contributed by atoms with Crippen LogP contribution in [0.3, 0.4) is 0 Å². The van der Waals surface area contributed by atoms with E-state index in [9.17, 15) is 9.18 Å². The molecule has 0 bridgehead atoms. The van der Waals surface area contributed by atoms with Crippen LogP contribution in [-0.4, -0.2) is 54.2 Å². The fourth-order valence-corrected chi connectivity index (χ4v) is 3.75. The summed E-state index contributed by atoms with van der Waals surface area (Å²) in [6.07, 6.45) is 4.63. The smallest absolute Gasteiger partial charge is 0.270 e. The third kappa shape index (κ3) is 6.15. The number of aryl methyl sites for hydroxylation is 2. The Hall–Kier alpha value is -5.46. The first-order chi connectivity index (χ1) is 19.4. The second kappa shape index (κ2) is 11.5. The maximum absolute atomic E-state index is 13.3. The van der Waals surface area contributed by atoms with E-state index in [1.165, 1.54) is 18.5 Å². The van der Waals surface area contributed by atoms with E-state index in [0.29, 0.717) is 34.3 Å². The number of amides is 1. The first-order valence-electron chi connectivity index (χ1n) is 12.1. The Balaban J connectivity index is 1.22. The Morgan fingerprint density at radius 1 is 1.02 bits per heavy atom. The van der Waals surface area contributed by atoms with Crippen molar-refractivity contribution in [3.05, 3.63) is 89.3 Å². The summed E-state index contributed by atoms with van der Waals surface area (Å²) < 4.78 is 18.3. The number of rotatable bonds is 8. The Bertz CT molecular complexity index is 1690. The van der Waals surface area contributed by atoms with Gasteiger partial charge in [0.1, 0.15) is 11.5 Å². The molecule has 0 fully saturated rings. The molecule has 13 heteroatoms. The predicted molar refractivity (Wildman–Crippen MR) is 144 cm³/mol. The van der Waals surface area contributed by atoms with Gasteiger partial charge in [-0.3, -0.25) is 19.8 Å². The van der Waals surface area contributed by atoms with E-state index < -0.39 is 5.95 Å². The summed E-state index contributed by atoms with van der Waals surface area (Å²) in [6, 6.07) is 11.6. The van der Waals surface area contributed by atoms with Gasteiger partial charge in [-0.25, -0.2) is 15.0 Å². The third-order valence-corrected chi connectivity index (χ3v) is 5.64. The summed E-state index contributed by atoms with van der Waals surface area (Å²) >= 11 is 0. The number of carbonyl (C=O) groups is 1. The number of aromatic nitrogens is 7. The van der Waals surface area contributed by atoms with Crippen LogP contribution in [0.2, 0.25) is 0 Å². The quantitative estimate of drug-likeness (QED) is 0.220. The minimum atomic E-state index is -0.534. The highest BCUT2D eigenvalue weighted by Crippen LogP contribution is 2.21. The number of carbonyl (C=O) groups excluding carboxylic acids is 1. The van der Waals surface area contributed by atoms with Gasteiger partial charge in [0.2, 0.25) is 5.95 Å². The molecular formula is C27H23FN10O2. The molecule has 0 saturated carbocycles. The van der Waals surface area contributed by atoms with E-state index in [-0.39, 0.29) is 30.0 Å². The lowest BCUT2D eigenvalue weighted by Gasteiger charge is -2.08. The molecule has 0 atom stereocenters. The number of hydrogen-bond acceptors (Lipinski definition) is 11. The normalized spacial score (nSPS) is 11.1. The fourth-order valence-electron chi connectivity index (χ4n) is 3.75. The summed E-state index contributed by atoms with van der Waals surface area (Å²) in [7, 11) is 1.60. The largest absolute Gasteiger partial charge is 0.347 e. The molecule has 200 valence electrons. The van der Waals surface area contributed by atoms with Crippen LogP contribution in [0.4, 0.5) is 16.2 Å². The molecular weight excluding hydrogens is 515 g/mol. The predicted octanol–water partition coefficient (Wildman–Crippen LogP) is 3.86. The van der Waals surface area contributed by atoms with Crippen molar-refractivity contribution in [1.82, 2.24) is 40.4 Å². The summed E-state index contributed by atoms with van der Waals surface area (Å²) in [6.45, 7) is 3.81. The summed E-state index contributed by atoms with van der Waals surface area (Å²) in [4.78, 5) is 42.2. The average Bonchev–Trinajstić information content (AvgIpc) is 3.38. The van der Waals surface area contributed by atoms with Crippen LogP contribution in [0.25, 0.3) is 22.6 Å². The lowest BCUT2D eigenvalue weighted by molar-refractivity contribution is 0.0946. The number of nitrogens with zero attached hydrogens (tertiary/aromatic N) is 8. The zero-order valence-electron chi connectivity index (χ0n) is 21.8. The molecule has 0 aliphatic heterocycles. The second-order valence-corrected chi connectivity index (χ2v) is 8.62. The molecule has 0 saturated heterocycles. The number of hydrogen-bond donors (Lipinski definition) is 2. The first kappa shape index (κ1) is 26.2. The Morgan fingerprint density at radius 3 is 2.62 bits per heavy atom. The van der Waals surface area contributed by atoms with Crippen molar-refractivity contribution in [1.29, 1.82) is 0 Å². The van der Waals surface area contributed by atoms with Gasteiger partial charge >= 0.3 is 0 Å². The molecule has 5 rings (SSSR count). The molecule has 12 nitrogen and oxygen atoms in total. The van der Waals surface area contributed by atoms with Crippen molar-refractivity contribution in [2.45, 2.75) is 20.4 Å². The second-order valence-electron chi connectivity index (χ2n) is 8.62. The number of pyridine rings is 3. The Kier molecular flexibility index (Phi) is 7.53. The fraction of sp³-hybridized carbons (Fsp3) is 0.148. The molecule has 40 heavy (non-hydrogen) atoms. The van der Waals surface area contributed by atoms with Gasteiger partial charge in [-0.2, -0.15) is 9.37 Å². The maximum Gasteiger partial charge on any atom is 0.270 e. The topological polar surface area (TPSA) is 157 Å². The van der Waals surface area contributed by atoms with Crippen molar-refractivity contribution in [3.63, 3.8) is 0 Å². The molecule has 0 spiro atoms. The van der Waals surface area contributed by atoms with Crippen molar-refractivity contribution in [2.24, 2.45) is 4.99 Å². The first-order valence-corrected chi connectivity index (χ1v) is 12.1. The SMILES string of the molecule is CN=Cc1nc(Nc2cc(C)nc(-c3ccc(C(=O)NCc4ccc(-c5ccc(F)nc5C)nc4)nc3)n2)no1. The van der Waals surface area contributed by atoms with Crippen LogP contribution in [0, 0.1) is 19.8 Å². The Labute approximate surface area is 227 Å².